The van der Waals surface area contributed by atoms with Crippen molar-refractivity contribution < 1.29 is 23.5 Å². The summed E-state index contributed by atoms with van der Waals surface area (Å²) in [5, 5.41) is 2.43. The van der Waals surface area contributed by atoms with Crippen LogP contribution in [0.1, 0.15) is 36.2 Å². The summed E-state index contributed by atoms with van der Waals surface area (Å²) in [4.78, 5) is 37.3. The number of nitrogens with one attached hydrogen (secondary N) is 1. The van der Waals surface area contributed by atoms with E-state index in [4.69, 9.17) is 4.74 Å². The number of ether oxygens (including phenoxy) is 1. The maximum atomic E-state index is 13.0. The van der Waals surface area contributed by atoms with Gasteiger partial charge in [0.2, 0.25) is 0 Å². The monoisotopic (exact) mass is 357 g/mol. The number of carbonyl (C=O) groups is 3. The second-order valence-corrected chi connectivity index (χ2v) is 5.92. The number of amides is 1. The van der Waals surface area contributed by atoms with E-state index in [2.05, 4.69) is 5.32 Å². The zero-order valence-corrected chi connectivity index (χ0v) is 14.6. The quantitative estimate of drug-likeness (QED) is 0.611. The van der Waals surface area contributed by atoms with Gasteiger partial charge < -0.3 is 10.1 Å². The highest BCUT2D eigenvalue weighted by atomic mass is 19.1. The number of ketones is 1. The summed E-state index contributed by atoms with van der Waals surface area (Å²) < 4.78 is 18.2. The summed E-state index contributed by atoms with van der Waals surface area (Å²) in [6, 6.07) is 13.8. The van der Waals surface area contributed by atoms with E-state index in [1.165, 1.54) is 19.1 Å². The van der Waals surface area contributed by atoms with Crippen LogP contribution in [0.2, 0.25) is 0 Å². The fourth-order valence-electron chi connectivity index (χ4n) is 2.36. The van der Waals surface area contributed by atoms with Crippen LogP contribution in [0.4, 0.5) is 4.39 Å². The van der Waals surface area contributed by atoms with Crippen molar-refractivity contribution in [2.45, 2.75) is 32.4 Å². The van der Waals surface area contributed by atoms with Crippen LogP contribution in [-0.4, -0.2) is 23.2 Å². The molecule has 2 aromatic rings. The first-order valence-corrected chi connectivity index (χ1v) is 8.19. The Bertz CT molecular complexity index is 789. The first-order valence-electron chi connectivity index (χ1n) is 8.19. The summed E-state index contributed by atoms with van der Waals surface area (Å²) in [5.41, 5.74) is -0.927. The molecule has 0 radical (unpaired) electrons. The van der Waals surface area contributed by atoms with Gasteiger partial charge in [0.25, 0.3) is 5.91 Å². The smallest absolute Gasteiger partial charge is 0.339 e. The number of esters is 1. The number of halogens is 1. The van der Waals surface area contributed by atoms with E-state index in [-0.39, 0.29) is 18.6 Å². The van der Waals surface area contributed by atoms with Crippen molar-refractivity contribution in [3.05, 3.63) is 71.5 Å². The second kappa shape index (κ2) is 8.38. The molecule has 2 rings (SSSR count). The number of hydrogen-bond acceptors (Lipinski definition) is 4. The molecule has 1 unspecified atom stereocenters. The molecule has 1 N–H and O–H groups in total. The minimum atomic E-state index is -1.82. The molecule has 5 nitrogen and oxygen atoms in total. The molecule has 2 aromatic carbocycles. The first kappa shape index (κ1) is 19.3. The van der Waals surface area contributed by atoms with Crippen LogP contribution in [0, 0.1) is 5.82 Å². The van der Waals surface area contributed by atoms with Gasteiger partial charge in [-0.25, -0.2) is 9.18 Å². The van der Waals surface area contributed by atoms with Crippen LogP contribution in [0.15, 0.2) is 54.6 Å². The lowest BCUT2D eigenvalue weighted by atomic mass is 9.94. The van der Waals surface area contributed by atoms with Crippen LogP contribution >= 0.6 is 0 Å². The molecular weight excluding hydrogens is 337 g/mol. The molecule has 1 atom stereocenters. The molecule has 0 fully saturated rings. The normalized spacial score (nSPS) is 12.7. The molecule has 136 valence electrons. The number of rotatable bonds is 7. The Kier molecular flexibility index (Phi) is 6.22. The second-order valence-electron chi connectivity index (χ2n) is 5.92. The number of hydrogen-bond donors (Lipinski definition) is 1. The van der Waals surface area contributed by atoms with Crippen LogP contribution in [0.5, 0.6) is 0 Å². The van der Waals surface area contributed by atoms with E-state index in [0.717, 1.165) is 17.7 Å². The third-order valence-electron chi connectivity index (χ3n) is 3.97. The number of benzene rings is 2. The van der Waals surface area contributed by atoms with Crippen molar-refractivity contribution in [3.63, 3.8) is 0 Å². The van der Waals surface area contributed by atoms with E-state index in [1.807, 2.05) is 6.07 Å². The molecule has 0 bridgehead atoms. The standard InChI is InChI=1S/C20H20FNO4/c1-3-17(23)20(2,19(25)26-13-14-7-5-4-6-8-14)22-18(24)15-9-11-16(21)12-10-15/h4-12H,3,13H2,1-2H3,(H,22,24). The molecule has 0 aliphatic heterocycles. The van der Waals surface area contributed by atoms with Crippen molar-refractivity contribution in [2.75, 3.05) is 0 Å². The van der Waals surface area contributed by atoms with Gasteiger partial charge in [-0.1, -0.05) is 37.3 Å². The molecular formula is C20H20FNO4. The largest absolute Gasteiger partial charge is 0.459 e. The lowest BCUT2D eigenvalue weighted by molar-refractivity contribution is -0.155. The van der Waals surface area contributed by atoms with Gasteiger partial charge in [-0.15, -0.1) is 0 Å². The SMILES string of the molecule is CCC(=O)C(C)(NC(=O)c1ccc(F)cc1)C(=O)OCc1ccccc1. The van der Waals surface area contributed by atoms with Gasteiger partial charge in [0.15, 0.2) is 11.3 Å². The maximum absolute atomic E-state index is 13.0. The average molecular weight is 357 g/mol. The summed E-state index contributed by atoms with van der Waals surface area (Å²) in [6.07, 6.45) is 0.0423. The Morgan fingerprint density at radius 1 is 1.04 bits per heavy atom. The summed E-state index contributed by atoms with van der Waals surface area (Å²) in [6.45, 7) is 2.89. The highest BCUT2D eigenvalue weighted by Crippen LogP contribution is 2.15. The third-order valence-corrected chi connectivity index (χ3v) is 3.97. The average Bonchev–Trinajstić information content (AvgIpc) is 2.66. The van der Waals surface area contributed by atoms with Gasteiger partial charge in [-0.2, -0.15) is 0 Å². The Hall–Kier alpha value is -3.02. The Morgan fingerprint density at radius 2 is 1.65 bits per heavy atom. The molecule has 1 amide bonds. The third kappa shape index (κ3) is 4.53. The topological polar surface area (TPSA) is 72.5 Å². The maximum Gasteiger partial charge on any atom is 0.339 e. The van der Waals surface area contributed by atoms with Gasteiger partial charge >= 0.3 is 5.97 Å². The van der Waals surface area contributed by atoms with Crippen molar-refractivity contribution in [2.24, 2.45) is 0 Å². The predicted molar refractivity (Wildman–Crippen MR) is 93.8 cm³/mol. The van der Waals surface area contributed by atoms with Crippen LogP contribution < -0.4 is 5.32 Å². The number of Topliss-reactive ketones (excluding diaryl/α,β-unsaturated/α-hetero) is 1. The minimum absolute atomic E-state index is 0.0152. The molecule has 0 aliphatic carbocycles. The van der Waals surface area contributed by atoms with Gasteiger partial charge in [-0.05, 0) is 36.8 Å². The highest BCUT2D eigenvalue weighted by molar-refractivity contribution is 6.12. The highest BCUT2D eigenvalue weighted by Gasteiger charge is 2.43. The molecule has 0 aliphatic rings. The van der Waals surface area contributed by atoms with E-state index in [0.29, 0.717) is 0 Å². The Balaban J connectivity index is 2.15. The van der Waals surface area contributed by atoms with Crippen LogP contribution in [-0.2, 0) is 20.9 Å². The van der Waals surface area contributed by atoms with Gasteiger partial charge in [0.1, 0.15) is 12.4 Å². The first-order chi connectivity index (χ1) is 12.4. The molecule has 0 aromatic heterocycles. The van der Waals surface area contributed by atoms with E-state index in [1.54, 1.807) is 31.2 Å². The number of carbonyl (C=O) groups excluding carboxylic acids is 3. The van der Waals surface area contributed by atoms with Gasteiger partial charge in [-0.3, -0.25) is 9.59 Å². The summed E-state index contributed by atoms with van der Waals surface area (Å²) in [7, 11) is 0. The molecule has 0 spiro atoms. The predicted octanol–water partition coefficient (Wildman–Crippen LogP) is 3.04. The molecule has 26 heavy (non-hydrogen) atoms. The minimum Gasteiger partial charge on any atom is -0.459 e. The van der Waals surface area contributed by atoms with Crippen molar-refractivity contribution in [1.29, 1.82) is 0 Å². The zero-order chi connectivity index (χ0) is 19.2. The fraction of sp³-hybridized carbons (Fsp3) is 0.250. The molecule has 0 saturated carbocycles. The van der Waals surface area contributed by atoms with E-state index < -0.39 is 29.0 Å². The van der Waals surface area contributed by atoms with E-state index >= 15 is 0 Å². The fourth-order valence-corrected chi connectivity index (χ4v) is 2.36. The molecule has 0 saturated heterocycles. The van der Waals surface area contributed by atoms with Crippen molar-refractivity contribution >= 4 is 17.7 Å². The molecule has 0 heterocycles. The summed E-state index contributed by atoms with van der Waals surface area (Å²) >= 11 is 0. The van der Waals surface area contributed by atoms with Gasteiger partial charge in [0.05, 0.1) is 0 Å². The molecule has 6 heteroatoms. The van der Waals surface area contributed by atoms with Crippen molar-refractivity contribution in [1.82, 2.24) is 5.32 Å². The lowest BCUT2D eigenvalue weighted by Crippen LogP contribution is -2.58. The summed E-state index contributed by atoms with van der Waals surface area (Å²) in [5.74, 6) is -2.48. The lowest BCUT2D eigenvalue weighted by Gasteiger charge is -2.27. The van der Waals surface area contributed by atoms with E-state index in [9.17, 15) is 18.8 Å². The van der Waals surface area contributed by atoms with Crippen LogP contribution in [0.3, 0.4) is 0 Å². The van der Waals surface area contributed by atoms with Gasteiger partial charge in [0, 0.05) is 12.0 Å². The Morgan fingerprint density at radius 3 is 2.23 bits per heavy atom. The zero-order valence-electron chi connectivity index (χ0n) is 14.6. The Labute approximate surface area is 151 Å². The van der Waals surface area contributed by atoms with Crippen LogP contribution in [0.25, 0.3) is 0 Å². The van der Waals surface area contributed by atoms with Crippen molar-refractivity contribution in [3.8, 4) is 0 Å².